The molecular formula is C15H27N3. The van der Waals surface area contributed by atoms with Crippen LogP contribution in [-0.2, 0) is 0 Å². The van der Waals surface area contributed by atoms with Crippen LogP contribution in [0, 0.1) is 11.8 Å². The number of hydrogen-bond acceptors (Lipinski definition) is 2. The second-order valence-electron chi connectivity index (χ2n) is 6.09. The quantitative estimate of drug-likeness (QED) is 0.851. The highest BCUT2D eigenvalue weighted by Gasteiger charge is 2.17. The number of nitrogens with one attached hydrogen (secondary N) is 1. The Balaban J connectivity index is 1.73. The van der Waals surface area contributed by atoms with Crippen molar-refractivity contribution in [1.29, 1.82) is 0 Å². The third kappa shape index (κ3) is 3.50. The average molecular weight is 249 g/mol. The van der Waals surface area contributed by atoms with Crippen molar-refractivity contribution >= 4 is 5.95 Å². The Bertz CT molecular complexity index is 348. The summed E-state index contributed by atoms with van der Waals surface area (Å²) in [6.45, 7) is 7.82. The Morgan fingerprint density at radius 1 is 1.33 bits per heavy atom. The first-order chi connectivity index (χ1) is 8.66. The van der Waals surface area contributed by atoms with Gasteiger partial charge in [0.1, 0.15) is 0 Å². The van der Waals surface area contributed by atoms with E-state index in [1.807, 2.05) is 6.20 Å². The first kappa shape index (κ1) is 13.4. The molecule has 0 atom stereocenters. The molecule has 0 spiro atoms. The lowest BCUT2D eigenvalue weighted by Gasteiger charge is -2.26. The van der Waals surface area contributed by atoms with Crippen molar-refractivity contribution < 1.29 is 0 Å². The molecule has 102 valence electrons. The van der Waals surface area contributed by atoms with Crippen LogP contribution in [0.1, 0.15) is 58.9 Å². The fourth-order valence-electron chi connectivity index (χ4n) is 2.87. The zero-order valence-corrected chi connectivity index (χ0v) is 12.0. The number of nitrogens with zero attached hydrogens (tertiary/aromatic N) is 2. The van der Waals surface area contributed by atoms with Gasteiger partial charge in [-0.05, 0) is 32.1 Å². The fourth-order valence-corrected chi connectivity index (χ4v) is 2.87. The summed E-state index contributed by atoms with van der Waals surface area (Å²) in [6.07, 6.45) is 10.9. The van der Waals surface area contributed by atoms with Crippen molar-refractivity contribution in [2.45, 2.75) is 58.9 Å². The molecule has 0 radical (unpaired) electrons. The third-order valence-corrected chi connectivity index (χ3v) is 4.20. The summed E-state index contributed by atoms with van der Waals surface area (Å²) < 4.78 is 2.20. The molecule has 18 heavy (non-hydrogen) atoms. The van der Waals surface area contributed by atoms with Gasteiger partial charge >= 0.3 is 0 Å². The van der Waals surface area contributed by atoms with Crippen molar-refractivity contribution in [3.05, 3.63) is 12.4 Å². The van der Waals surface area contributed by atoms with E-state index in [1.54, 1.807) is 0 Å². The standard InChI is InChI=1S/C15H27N3/c1-12(2)18-11-10-17-15(18)16-9-8-14-6-4-13(3)5-7-14/h10-14H,4-9H2,1-3H3,(H,16,17). The summed E-state index contributed by atoms with van der Waals surface area (Å²) in [5, 5.41) is 3.48. The van der Waals surface area contributed by atoms with Crippen molar-refractivity contribution in [3.63, 3.8) is 0 Å². The monoisotopic (exact) mass is 249 g/mol. The third-order valence-electron chi connectivity index (χ3n) is 4.20. The van der Waals surface area contributed by atoms with E-state index in [0.717, 1.165) is 24.3 Å². The van der Waals surface area contributed by atoms with Gasteiger partial charge in [-0.3, -0.25) is 0 Å². The molecule has 1 saturated carbocycles. The van der Waals surface area contributed by atoms with E-state index >= 15 is 0 Å². The summed E-state index contributed by atoms with van der Waals surface area (Å²) in [6, 6.07) is 0.477. The van der Waals surface area contributed by atoms with Crippen LogP contribution >= 0.6 is 0 Å². The molecule has 1 aromatic heterocycles. The molecule has 1 aromatic rings. The molecule has 2 rings (SSSR count). The van der Waals surface area contributed by atoms with Crippen molar-refractivity contribution in [1.82, 2.24) is 9.55 Å². The zero-order valence-electron chi connectivity index (χ0n) is 12.0. The van der Waals surface area contributed by atoms with Gasteiger partial charge in [0.2, 0.25) is 5.95 Å². The maximum absolute atomic E-state index is 4.38. The Labute approximate surface area is 111 Å². The predicted molar refractivity (Wildman–Crippen MR) is 76.8 cm³/mol. The minimum Gasteiger partial charge on any atom is -0.356 e. The molecule has 0 unspecified atom stereocenters. The van der Waals surface area contributed by atoms with Crippen LogP contribution in [0.5, 0.6) is 0 Å². The smallest absolute Gasteiger partial charge is 0.203 e. The van der Waals surface area contributed by atoms with Gasteiger partial charge in [0.25, 0.3) is 0 Å². The number of aromatic nitrogens is 2. The first-order valence-electron chi connectivity index (χ1n) is 7.43. The van der Waals surface area contributed by atoms with E-state index in [9.17, 15) is 0 Å². The minimum absolute atomic E-state index is 0.477. The second-order valence-corrected chi connectivity index (χ2v) is 6.09. The van der Waals surface area contributed by atoms with Crippen LogP contribution in [0.3, 0.4) is 0 Å². The second kappa shape index (κ2) is 6.26. The Kier molecular flexibility index (Phi) is 4.67. The SMILES string of the molecule is CC1CCC(CCNc2nccn2C(C)C)CC1. The molecule has 3 heteroatoms. The van der Waals surface area contributed by atoms with Crippen LogP contribution in [0.15, 0.2) is 12.4 Å². The lowest BCUT2D eigenvalue weighted by atomic mass is 9.81. The molecule has 0 aliphatic heterocycles. The summed E-state index contributed by atoms with van der Waals surface area (Å²) in [7, 11) is 0. The number of imidazole rings is 1. The molecule has 1 N–H and O–H groups in total. The van der Waals surface area contributed by atoms with Gasteiger partial charge in [0, 0.05) is 25.0 Å². The number of anilines is 1. The van der Waals surface area contributed by atoms with Gasteiger partial charge in [-0.1, -0.05) is 32.6 Å². The molecule has 1 aliphatic rings. The van der Waals surface area contributed by atoms with Crippen molar-refractivity contribution in [2.24, 2.45) is 11.8 Å². The van der Waals surface area contributed by atoms with Crippen LogP contribution < -0.4 is 5.32 Å². The van der Waals surface area contributed by atoms with Gasteiger partial charge in [0.05, 0.1) is 0 Å². The van der Waals surface area contributed by atoms with E-state index in [4.69, 9.17) is 0 Å². The fraction of sp³-hybridized carbons (Fsp3) is 0.800. The van der Waals surface area contributed by atoms with E-state index in [0.29, 0.717) is 6.04 Å². The highest BCUT2D eigenvalue weighted by atomic mass is 15.2. The summed E-state index contributed by atoms with van der Waals surface area (Å²) >= 11 is 0. The molecule has 1 heterocycles. The average Bonchev–Trinajstić information content (AvgIpc) is 2.80. The Morgan fingerprint density at radius 3 is 2.72 bits per heavy atom. The Morgan fingerprint density at radius 2 is 2.06 bits per heavy atom. The zero-order chi connectivity index (χ0) is 13.0. The molecule has 0 aromatic carbocycles. The number of rotatable bonds is 5. The van der Waals surface area contributed by atoms with Gasteiger partial charge < -0.3 is 9.88 Å². The highest BCUT2D eigenvalue weighted by molar-refractivity contribution is 5.26. The molecule has 3 nitrogen and oxygen atoms in total. The van der Waals surface area contributed by atoms with Crippen LogP contribution in [0.2, 0.25) is 0 Å². The van der Waals surface area contributed by atoms with Crippen LogP contribution in [0.4, 0.5) is 5.95 Å². The van der Waals surface area contributed by atoms with E-state index < -0.39 is 0 Å². The minimum atomic E-state index is 0.477. The summed E-state index contributed by atoms with van der Waals surface area (Å²) in [5.41, 5.74) is 0. The summed E-state index contributed by atoms with van der Waals surface area (Å²) in [4.78, 5) is 4.38. The van der Waals surface area contributed by atoms with Gasteiger partial charge in [-0.2, -0.15) is 0 Å². The number of hydrogen-bond donors (Lipinski definition) is 1. The maximum Gasteiger partial charge on any atom is 0.203 e. The van der Waals surface area contributed by atoms with E-state index in [-0.39, 0.29) is 0 Å². The molecule has 0 amide bonds. The lowest BCUT2D eigenvalue weighted by Crippen LogP contribution is -2.17. The van der Waals surface area contributed by atoms with Crippen molar-refractivity contribution in [2.75, 3.05) is 11.9 Å². The van der Waals surface area contributed by atoms with Gasteiger partial charge in [0.15, 0.2) is 0 Å². The molecule has 1 aliphatic carbocycles. The molecule has 0 saturated heterocycles. The molecular weight excluding hydrogens is 222 g/mol. The van der Waals surface area contributed by atoms with Crippen LogP contribution in [0.25, 0.3) is 0 Å². The molecule has 1 fully saturated rings. The highest BCUT2D eigenvalue weighted by Crippen LogP contribution is 2.30. The van der Waals surface area contributed by atoms with Gasteiger partial charge in [-0.15, -0.1) is 0 Å². The maximum atomic E-state index is 4.38. The van der Waals surface area contributed by atoms with E-state index in [2.05, 4.69) is 41.8 Å². The summed E-state index contributed by atoms with van der Waals surface area (Å²) in [5.74, 6) is 2.90. The Hall–Kier alpha value is -0.990. The topological polar surface area (TPSA) is 29.9 Å². The van der Waals surface area contributed by atoms with E-state index in [1.165, 1.54) is 32.1 Å². The van der Waals surface area contributed by atoms with Crippen LogP contribution in [-0.4, -0.2) is 16.1 Å². The normalized spacial score (nSPS) is 24.4. The largest absolute Gasteiger partial charge is 0.356 e. The first-order valence-corrected chi connectivity index (χ1v) is 7.43. The predicted octanol–water partition coefficient (Wildman–Crippen LogP) is 4.09. The molecule has 0 bridgehead atoms. The lowest BCUT2D eigenvalue weighted by molar-refractivity contribution is 0.281. The van der Waals surface area contributed by atoms with Crippen molar-refractivity contribution in [3.8, 4) is 0 Å². The van der Waals surface area contributed by atoms with Gasteiger partial charge in [-0.25, -0.2) is 4.98 Å².